The summed E-state index contributed by atoms with van der Waals surface area (Å²) in [6.45, 7) is 1.99. The highest BCUT2D eigenvalue weighted by molar-refractivity contribution is 7.89. The second kappa shape index (κ2) is 6.04. The topological polar surface area (TPSA) is 74.1 Å². The number of hydrogen-bond donors (Lipinski definition) is 0. The van der Waals surface area contributed by atoms with Gasteiger partial charge in [-0.05, 0) is 48.4 Å². The Kier molecular flexibility index (Phi) is 4.36. The van der Waals surface area contributed by atoms with Gasteiger partial charge >= 0.3 is 0 Å². The second-order valence-corrected chi connectivity index (χ2v) is 6.75. The van der Waals surface area contributed by atoms with Gasteiger partial charge in [0.2, 0.25) is 10.0 Å². The van der Waals surface area contributed by atoms with Crippen molar-refractivity contribution in [3.63, 3.8) is 0 Å². The Balaban J connectivity index is 2.29. The normalized spacial score (nSPS) is 11.3. The lowest BCUT2D eigenvalue weighted by molar-refractivity contribution is 0.466. The highest BCUT2D eigenvalue weighted by Gasteiger charge is 2.21. The van der Waals surface area contributed by atoms with E-state index in [0.717, 1.165) is 5.56 Å². The number of nitrogens with zero attached hydrogens (tertiary/aromatic N) is 3. The largest absolute Gasteiger partial charge is 0.265 e. The number of benzene rings is 1. The minimum Gasteiger partial charge on any atom is -0.265 e. The predicted octanol–water partition coefficient (Wildman–Crippen LogP) is 2.08. The van der Waals surface area contributed by atoms with E-state index in [2.05, 4.69) is 4.98 Å². The van der Waals surface area contributed by atoms with Gasteiger partial charge in [0, 0.05) is 26.0 Å². The molecule has 0 atom stereocenters. The van der Waals surface area contributed by atoms with E-state index in [0.29, 0.717) is 11.1 Å². The van der Waals surface area contributed by atoms with Crippen LogP contribution >= 0.6 is 0 Å². The third-order valence-corrected chi connectivity index (χ3v) is 4.98. The quantitative estimate of drug-likeness (QED) is 0.866. The molecule has 0 radical (unpaired) electrons. The number of rotatable bonds is 4. The zero-order valence-corrected chi connectivity index (χ0v) is 12.6. The van der Waals surface area contributed by atoms with Crippen LogP contribution in [0.3, 0.4) is 0 Å². The number of sulfonamides is 1. The summed E-state index contributed by atoms with van der Waals surface area (Å²) in [5.41, 5.74) is 1.99. The molecule has 0 fully saturated rings. The first-order valence-electron chi connectivity index (χ1n) is 6.31. The van der Waals surface area contributed by atoms with Gasteiger partial charge in [-0.25, -0.2) is 8.42 Å². The number of aryl methyl sites for hydroxylation is 1. The Bertz CT molecular complexity index is 780. The SMILES string of the molecule is Cc1cc(S(=O)(=O)N(C)Cc2ccncc2)ccc1C#N. The molecule has 5 nitrogen and oxygen atoms in total. The van der Waals surface area contributed by atoms with E-state index in [1.54, 1.807) is 31.5 Å². The van der Waals surface area contributed by atoms with Gasteiger partial charge in [0.15, 0.2) is 0 Å². The summed E-state index contributed by atoms with van der Waals surface area (Å²) in [4.78, 5) is 4.10. The van der Waals surface area contributed by atoms with Gasteiger partial charge in [0.25, 0.3) is 0 Å². The Hall–Kier alpha value is -2.23. The number of pyridine rings is 1. The van der Waals surface area contributed by atoms with Crippen LogP contribution in [-0.4, -0.2) is 24.8 Å². The van der Waals surface area contributed by atoms with Gasteiger partial charge in [0.1, 0.15) is 0 Å². The van der Waals surface area contributed by atoms with Crippen molar-refractivity contribution in [1.29, 1.82) is 5.26 Å². The monoisotopic (exact) mass is 301 g/mol. The van der Waals surface area contributed by atoms with Gasteiger partial charge in [-0.3, -0.25) is 4.98 Å². The fourth-order valence-electron chi connectivity index (χ4n) is 1.93. The summed E-state index contributed by atoms with van der Waals surface area (Å²) in [7, 11) is -2.05. The minimum absolute atomic E-state index is 0.190. The fraction of sp³-hybridized carbons (Fsp3) is 0.200. The minimum atomic E-state index is -3.58. The van der Waals surface area contributed by atoms with Crippen molar-refractivity contribution in [2.24, 2.45) is 0 Å². The molecular formula is C15H15N3O2S. The molecule has 0 saturated heterocycles. The zero-order chi connectivity index (χ0) is 15.5. The van der Waals surface area contributed by atoms with Crippen molar-refractivity contribution in [2.75, 3.05) is 7.05 Å². The summed E-state index contributed by atoms with van der Waals surface area (Å²) in [5.74, 6) is 0. The van der Waals surface area contributed by atoms with Gasteiger partial charge in [-0.1, -0.05) is 0 Å². The molecule has 0 aliphatic rings. The molecular weight excluding hydrogens is 286 g/mol. The maximum Gasteiger partial charge on any atom is 0.243 e. The highest BCUT2D eigenvalue weighted by atomic mass is 32.2. The van der Waals surface area contributed by atoms with Crippen molar-refractivity contribution < 1.29 is 8.42 Å². The van der Waals surface area contributed by atoms with Crippen LogP contribution in [0.15, 0.2) is 47.6 Å². The lowest BCUT2D eigenvalue weighted by Crippen LogP contribution is -2.26. The summed E-state index contributed by atoms with van der Waals surface area (Å²) >= 11 is 0. The van der Waals surface area contributed by atoms with E-state index in [4.69, 9.17) is 5.26 Å². The van der Waals surface area contributed by atoms with Crippen LogP contribution in [0.2, 0.25) is 0 Å². The van der Waals surface area contributed by atoms with Crippen LogP contribution in [0.25, 0.3) is 0 Å². The molecule has 21 heavy (non-hydrogen) atoms. The molecule has 108 valence electrons. The molecule has 0 spiro atoms. The van der Waals surface area contributed by atoms with Gasteiger partial charge < -0.3 is 0 Å². The lowest BCUT2D eigenvalue weighted by Gasteiger charge is -2.17. The molecule has 1 aromatic carbocycles. The van der Waals surface area contributed by atoms with Crippen molar-refractivity contribution in [3.8, 4) is 6.07 Å². The van der Waals surface area contributed by atoms with Gasteiger partial charge in [-0.2, -0.15) is 9.57 Å². The molecule has 6 heteroatoms. The van der Waals surface area contributed by atoms with E-state index in [1.807, 2.05) is 6.07 Å². The molecule has 0 saturated carbocycles. The molecule has 0 aliphatic heterocycles. The molecule has 1 heterocycles. The smallest absolute Gasteiger partial charge is 0.243 e. The van der Waals surface area contributed by atoms with Crippen LogP contribution in [0, 0.1) is 18.3 Å². The van der Waals surface area contributed by atoms with Crippen molar-refractivity contribution in [2.45, 2.75) is 18.4 Å². The number of aromatic nitrogens is 1. The first-order chi connectivity index (χ1) is 9.95. The molecule has 0 amide bonds. The first kappa shape index (κ1) is 15.2. The lowest BCUT2D eigenvalue weighted by atomic mass is 10.1. The summed E-state index contributed by atoms with van der Waals surface area (Å²) in [6.07, 6.45) is 3.25. The maximum absolute atomic E-state index is 12.5. The van der Waals surface area contributed by atoms with Crippen LogP contribution in [0.5, 0.6) is 0 Å². The third-order valence-electron chi connectivity index (χ3n) is 3.18. The summed E-state index contributed by atoms with van der Waals surface area (Å²) in [6, 6.07) is 10.1. The maximum atomic E-state index is 12.5. The zero-order valence-electron chi connectivity index (χ0n) is 11.8. The summed E-state index contributed by atoms with van der Waals surface area (Å²) < 4.78 is 26.3. The third kappa shape index (κ3) is 3.27. The molecule has 0 unspecified atom stereocenters. The van der Waals surface area contributed by atoms with E-state index >= 15 is 0 Å². The van der Waals surface area contributed by atoms with Crippen molar-refractivity contribution in [1.82, 2.24) is 9.29 Å². The fourth-order valence-corrected chi connectivity index (χ4v) is 3.18. The second-order valence-electron chi connectivity index (χ2n) is 4.71. The van der Waals surface area contributed by atoms with Crippen LogP contribution in [0.1, 0.15) is 16.7 Å². The van der Waals surface area contributed by atoms with Gasteiger partial charge in [0.05, 0.1) is 16.5 Å². The summed E-state index contributed by atoms with van der Waals surface area (Å²) in [5, 5.41) is 8.90. The molecule has 0 N–H and O–H groups in total. The van der Waals surface area contributed by atoms with E-state index in [-0.39, 0.29) is 11.4 Å². The highest BCUT2D eigenvalue weighted by Crippen LogP contribution is 2.19. The molecule has 0 bridgehead atoms. The molecule has 2 aromatic rings. The molecule has 1 aromatic heterocycles. The van der Waals surface area contributed by atoms with E-state index in [1.165, 1.54) is 29.6 Å². The average molecular weight is 301 g/mol. The predicted molar refractivity (Wildman–Crippen MR) is 78.8 cm³/mol. The van der Waals surface area contributed by atoms with Crippen molar-refractivity contribution >= 4 is 10.0 Å². The van der Waals surface area contributed by atoms with Crippen molar-refractivity contribution in [3.05, 3.63) is 59.4 Å². The van der Waals surface area contributed by atoms with Crippen LogP contribution in [0.4, 0.5) is 0 Å². The van der Waals surface area contributed by atoms with E-state index in [9.17, 15) is 8.42 Å². The molecule has 0 aliphatic carbocycles. The van der Waals surface area contributed by atoms with E-state index < -0.39 is 10.0 Å². The standard InChI is InChI=1S/C15H15N3O2S/c1-12-9-15(4-3-14(12)10-16)21(19,20)18(2)11-13-5-7-17-8-6-13/h3-9H,11H2,1-2H3. The van der Waals surface area contributed by atoms with Crippen LogP contribution in [-0.2, 0) is 16.6 Å². The number of nitriles is 1. The van der Waals surface area contributed by atoms with Gasteiger partial charge in [-0.15, -0.1) is 0 Å². The van der Waals surface area contributed by atoms with Crippen LogP contribution < -0.4 is 0 Å². The Morgan fingerprint density at radius 2 is 1.90 bits per heavy atom. The Labute approximate surface area is 124 Å². The average Bonchev–Trinajstić information content (AvgIpc) is 2.48. The Morgan fingerprint density at radius 1 is 1.24 bits per heavy atom. The number of hydrogen-bond acceptors (Lipinski definition) is 4. The first-order valence-corrected chi connectivity index (χ1v) is 7.75. The Morgan fingerprint density at radius 3 is 2.48 bits per heavy atom. The molecule has 2 rings (SSSR count).